The Morgan fingerprint density at radius 2 is 1.69 bits per heavy atom. The highest BCUT2D eigenvalue weighted by atomic mass is 32.2. The normalized spacial score (nSPS) is 18.8. The maximum atomic E-state index is 11.4. The lowest BCUT2D eigenvalue weighted by Gasteiger charge is -2.17. The molecule has 1 aliphatic carbocycles. The van der Waals surface area contributed by atoms with E-state index in [1.165, 1.54) is 28.6 Å². The number of fused-ring (bicyclic) bond motifs is 1. The zero-order valence-corrected chi connectivity index (χ0v) is 19.0. The summed E-state index contributed by atoms with van der Waals surface area (Å²) in [6.07, 6.45) is 2.43. The van der Waals surface area contributed by atoms with Crippen molar-refractivity contribution in [1.29, 1.82) is 0 Å². The summed E-state index contributed by atoms with van der Waals surface area (Å²) in [5.41, 5.74) is 4.79. The van der Waals surface area contributed by atoms with E-state index in [4.69, 9.17) is 9.47 Å². The van der Waals surface area contributed by atoms with Crippen LogP contribution in [0.4, 0.5) is 0 Å². The maximum absolute atomic E-state index is 11.4. The van der Waals surface area contributed by atoms with Gasteiger partial charge in [0.1, 0.15) is 23.4 Å². The second-order valence-electron chi connectivity index (χ2n) is 7.79. The van der Waals surface area contributed by atoms with Crippen molar-refractivity contribution in [3.8, 4) is 17.2 Å². The van der Waals surface area contributed by atoms with E-state index in [-0.39, 0.29) is 17.3 Å². The lowest BCUT2D eigenvalue weighted by Crippen LogP contribution is -2.05. The summed E-state index contributed by atoms with van der Waals surface area (Å²) in [6.45, 7) is 8.07. The van der Waals surface area contributed by atoms with Gasteiger partial charge in [-0.3, -0.25) is 9.52 Å². The number of carbonyl (C=O) groups excluding carboxylic acids is 1. The van der Waals surface area contributed by atoms with Crippen LogP contribution in [0.3, 0.4) is 0 Å². The molecule has 1 aliphatic heterocycles. The number of amides is 1. The van der Waals surface area contributed by atoms with E-state index in [1.54, 1.807) is 0 Å². The van der Waals surface area contributed by atoms with Gasteiger partial charge in [-0.1, -0.05) is 42.0 Å². The minimum absolute atomic E-state index is 0.0246. The molecule has 32 heavy (non-hydrogen) atoms. The van der Waals surface area contributed by atoms with Crippen molar-refractivity contribution in [2.75, 3.05) is 0 Å². The van der Waals surface area contributed by atoms with Crippen molar-refractivity contribution in [3.05, 3.63) is 102 Å². The average Bonchev–Trinajstić information content (AvgIpc) is 3.44. The highest BCUT2D eigenvalue weighted by Crippen LogP contribution is 2.41. The molecular formula is C27H27NO3S. The lowest BCUT2D eigenvalue weighted by molar-refractivity contribution is -0.118. The van der Waals surface area contributed by atoms with Crippen LogP contribution in [0.25, 0.3) is 0 Å². The minimum Gasteiger partial charge on any atom is -0.486 e. The Balaban J connectivity index is 0.00000119. The fourth-order valence-electron chi connectivity index (χ4n) is 4.03. The van der Waals surface area contributed by atoms with Crippen LogP contribution in [0.15, 0.2) is 79.9 Å². The van der Waals surface area contributed by atoms with Crippen LogP contribution in [-0.2, 0) is 11.2 Å². The topological polar surface area (TPSA) is 47.6 Å². The predicted octanol–water partition coefficient (Wildman–Crippen LogP) is 6.87. The first-order valence-electron chi connectivity index (χ1n) is 10.7. The van der Waals surface area contributed by atoms with E-state index < -0.39 is 0 Å². The third-order valence-electron chi connectivity index (χ3n) is 5.64. The Morgan fingerprint density at radius 3 is 2.38 bits per heavy atom. The molecule has 2 aliphatic rings. The molecule has 1 fully saturated rings. The fraction of sp³-hybridized carbons (Fsp3) is 0.222. The van der Waals surface area contributed by atoms with Crippen molar-refractivity contribution in [1.82, 2.24) is 4.72 Å². The molecule has 164 valence electrons. The highest BCUT2D eigenvalue weighted by molar-refractivity contribution is 7.98. The van der Waals surface area contributed by atoms with Crippen LogP contribution >= 0.6 is 11.9 Å². The van der Waals surface area contributed by atoms with Gasteiger partial charge in [0.2, 0.25) is 5.91 Å². The Hall–Kier alpha value is -3.18. The quantitative estimate of drug-likeness (QED) is 0.344. The molecule has 1 heterocycles. The number of aryl methyl sites for hydroxylation is 1. The molecule has 0 saturated carbocycles. The van der Waals surface area contributed by atoms with Crippen LogP contribution in [0.2, 0.25) is 0 Å². The van der Waals surface area contributed by atoms with Gasteiger partial charge < -0.3 is 9.47 Å². The smallest absolute Gasteiger partial charge is 0.231 e. The van der Waals surface area contributed by atoms with E-state index in [9.17, 15) is 4.79 Å². The standard InChI is InChI=1S/C25H23NO3S.C2H4/c1-16-5-9-18(10-6-16)28-22-4-2-3-20-21(22)13-14-23(20)29-19-11-7-17(8-12-19)24-15-25(27)26-30-24;1-2/h2-12,23-24H,13-15H2,1H3,(H,26,27);1-2H2. The molecule has 0 aromatic heterocycles. The molecule has 4 nitrogen and oxygen atoms in total. The van der Waals surface area contributed by atoms with Crippen LogP contribution in [0, 0.1) is 6.92 Å². The van der Waals surface area contributed by atoms with Gasteiger partial charge in [0, 0.05) is 12.0 Å². The molecule has 1 saturated heterocycles. The number of nitrogens with one attached hydrogen (secondary N) is 1. The first-order valence-corrected chi connectivity index (χ1v) is 11.6. The summed E-state index contributed by atoms with van der Waals surface area (Å²) < 4.78 is 15.3. The van der Waals surface area contributed by atoms with Crippen molar-refractivity contribution >= 4 is 17.9 Å². The molecule has 3 aromatic carbocycles. The summed E-state index contributed by atoms with van der Waals surface area (Å²) >= 11 is 1.48. The highest BCUT2D eigenvalue weighted by Gasteiger charge is 2.28. The molecule has 3 aromatic rings. The van der Waals surface area contributed by atoms with Crippen molar-refractivity contribution < 1.29 is 14.3 Å². The summed E-state index contributed by atoms with van der Waals surface area (Å²) in [5.74, 6) is 2.71. The van der Waals surface area contributed by atoms with Gasteiger partial charge in [-0.15, -0.1) is 13.2 Å². The molecule has 2 unspecified atom stereocenters. The number of rotatable bonds is 5. The van der Waals surface area contributed by atoms with Crippen molar-refractivity contribution in [2.24, 2.45) is 0 Å². The van der Waals surface area contributed by atoms with Gasteiger partial charge >= 0.3 is 0 Å². The Morgan fingerprint density at radius 1 is 0.969 bits per heavy atom. The third-order valence-corrected chi connectivity index (χ3v) is 6.71. The average molecular weight is 446 g/mol. The SMILES string of the molecule is C=C.Cc1ccc(Oc2cccc3c2CCC3Oc2ccc(C3CC(=O)NS3)cc2)cc1. The van der Waals surface area contributed by atoms with Gasteiger partial charge in [-0.2, -0.15) is 0 Å². The van der Waals surface area contributed by atoms with E-state index in [0.29, 0.717) is 6.42 Å². The van der Waals surface area contributed by atoms with Gasteiger partial charge in [-0.05, 0) is 73.2 Å². The number of ether oxygens (including phenoxy) is 2. The third kappa shape index (κ3) is 4.83. The van der Waals surface area contributed by atoms with E-state index in [1.807, 2.05) is 36.4 Å². The van der Waals surface area contributed by atoms with Crippen LogP contribution in [0.1, 0.15) is 46.4 Å². The molecule has 1 amide bonds. The van der Waals surface area contributed by atoms with Gasteiger partial charge in [0.25, 0.3) is 0 Å². The fourth-order valence-corrected chi connectivity index (χ4v) is 4.92. The maximum Gasteiger partial charge on any atom is 0.231 e. The van der Waals surface area contributed by atoms with Crippen molar-refractivity contribution in [3.63, 3.8) is 0 Å². The van der Waals surface area contributed by atoms with Crippen LogP contribution in [-0.4, -0.2) is 5.91 Å². The molecule has 5 rings (SSSR count). The number of hydrogen-bond acceptors (Lipinski definition) is 4. The zero-order chi connectivity index (χ0) is 22.5. The van der Waals surface area contributed by atoms with E-state index >= 15 is 0 Å². The first kappa shape index (κ1) is 22.0. The lowest BCUT2D eigenvalue weighted by atomic mass is 10.1. The van der Waals surface area contributed by atoms with Crippen LogP contribution in [0.5, 0.6) is 17.2 Å². The summed E-state index contributed by atoms with van der Waals surface area (Å²) in [6, 6.07) is 22.5. The van der Waals surface area contributed by atoms with Crippen LogP contribution < -0.4 is 14.2 Å². The second kappa shape index (κ2) is 9.96. The Labute approximate surface area is 193 Å². The summed E-state index contributed by atoms with van der Waals surface area (Å²) in [5, 5.41) is 0.181. The molecule has 5 heteroatoms. The molecule has 2 atom stereocenters. The summed E-state index contributed by atoms with van der Waals surface area (Å²) in [4.78, 5) is 11.4. The first-order chi connectivity index (χ1) is 15.7. The molecule has 0 bridgehead atoms. The van der Waals surface area contributed by atoms with Gasteiger partial charge in [0.15, 0.2) is 0 Å². The number of hydrogen-bond donors (Lipinski definition) is 1. The molecule has 1 N–H and O–H groups in total. The van der Waals surface area contributed by atoms with Gasteiger partial charge in [-0.25, -0.2) is 0 Å². The second-order valence-corrected chi connectivity index (χ2v) is 8.80. The zero-order valence-electron chi connectivity index (χ0n) is 18.2. The number of benzene rings is 3. The monoisotopic (exact) mass is 445 g/mol. The molecule has 0 radical (unpaired) electrons. The Bertz CT molecular complexity index is 1080. The van der Waals surface area contributed by atoms with Crippen molar-refractivity contribution in [2.45, 2.75) is 37.5 Å². The largest absolute Gasteiger partial charge is 0.486 e. The molecular weight excluding hydrogens is 418 g/mol. The minimum atomic E-state index is 0.0246. The number of carbonyl (C=O) groups is 1. The Kier molecular flexibility index (Phi) is 6.86. The van der Waals surface area contributed by atoms with E-state index in [2.05, 4.69) is 55.1 Å². The van der Waals surface area contributed by atoms with Gasteiger partial charge in [0.05, 0.1) is 5.25 Å². The molecule has 0 spiro atoms. The predicted molar refractivity (Wildman–Crippen MR) is 130 cm³/mol. The van der Waals surface area contributed by atoms with E-state index in [0.717, 1.165) is 35.7 Å². The summed E-state index contributed by atoms with van der Waals surface area (Å²) in [7, 11) is 0.